The van der Waals surface area contributed by atoms with E-state index in [2.05, 4.69) is 78.2 Å². The molecule has 0 aliphatic rings. The van der Waals surface area contributed by atoms with E-state index in [0.29, 0.717) is 0 Å². The Morgan fingerprint density at radius 2 is 1.55 bits per heavy atom. The van der Waals surface area contributed by atoms with Gasteiger partial charge in [-0.2, -0.15) is 0 Å². The summed E-state index contributed by atoms with van der Waals surface area (Å²) in [6.45, 7) is 0. The maximum Gasteiger partial charge on any atom is 0.0386 e. The molecule has 0 aliphatic carbocycles. The summed E-state index contributed by atoms with van der Waals surface area (Å²) < 4.78 is 0. The highest BCUT2D eigenvalue weighted by molar-refractivity contribution is 7.66. The van der Waals surface area contributed by atoms with Crippen molar-refractivity contribution in [1.82, 2.24) is 0 Å². The minimum Gasteiger partial charge on any atom is -0.143 e. The van der Waals surface area contributed by atoms with Gasteiger partial charge in [0.1, 0.15) is 0 Å². The predicted molar refractivity (Wildman–Crippen MR) is 91.3 cm³/mol. The Labute approximate surface area is 123 Å². The third-order valence-electron chi connectivity index (χ3n) is 3.50. The Morgan fingerprint density at radius 3 is 2.35 bits per heavy atom. The molecule has 1 unspecified atom stereocenters. The van der Waals surface area contributed by atoms with Gasteiger partial charge >= 0.3 is 0 Å². The van der Waals surface area contributed by atoms with Crippen LogP contribution in [0.1, 0.15) is 0 Å². The fraction of sp³-hybridized carbons (Fsp3) is 0. The summed E-state index contributed by atoms with van der Waals surface area (Å²) in [5.41, 5.74) is 0. The van der Waals surface area contributed by atoms with Crippen LogP contribution in [0.2, 0.25) is 0 Å². The molecular weight excluding hydrogens is 279 g/mol. The van der Waals surface area contributed by atoms with Gasteiger partial charge in [0, 0.05) is 15.3 Å². The first-order valence-electron chi connectivity index (χ1n) is 6.63. The van der Waals surface area contributed by atoms with Gasteiger partial charge in [-0.05, 0) is 28.2 Å². The van der Waals surface area contributed by atoms with Gasteiger partial charge in [-0.15, -0.1) is 11.3 Å². The van der Waals surface area contributed by atoms with E-state index in [4.69, 9.17) is 0 Å². The Hall–Kier alpha value is -1.82. The summed E-state index contributed by atoms with van der Waals surface area (Å²) in [4.78, 5) is 1.40. The number of fused-ring (bicyclic) bond motifs is 1. The minimum absolute atomic E-state index is 0.399. The second-order valence-electron chi connectivity index (χ2n) is 4.74. The molecule has 2 heterocycles. The Balaban J connectivity index is 2.09. The van der Waals surface area contributed by atoms with Gasteiger partial charge in [-0.3, -0.25) is 0 Å². The molecule has 2 aromatic carbocycles. The molecule has 0 radical (unpaired) electrons. The number of rotatable bonds is 2. The lowest BCUT2D eigenvalue weighted by Gasteiger charge is -2.05. The largest absolute Gasteiger partial charge is 0.143 e. The molecule has 1 atom stereocenters. The van der Waals surface area contributed by atoms with Crippen molar-refractivity contribution >= 4 is 29.4 Å². The van der Waals surface area contributed by atoms with Gasteiger partial charge in [0.2, 0.25) is 0 Å². The molecule has 20 heavy (non-hydrogen) atoms. The molecule has 0 saturated carbocycles. The molecule has 0 fully saturated rings. The lowest BCUT2D eigenvalue weighted by Crippen LogP contribution is -1.67. The van der Waals surface area contributed by atoms with E-state index in [-0.39, 0.29) is 0 Å². The average molecular weight is 292 g/mol. The van der Waals surface area contributed by atoms with Crippen LogP contribution in [0.4, 0.5) is 0 Å². The normalized spacial score (nSPS) is 11.9. The molecule has 0 N–H and O–H groups in total. The van der Waals surface area contributed by atoms with Crippen LogP contribution < -0.4 is 0 Å². The van der Waals surface area contributed by atoms with E-state index in [1.165, 1.54) is 26.0 Å². The fourth-order valence-electron chi connectivity index (χ4n) is 2.62. The monoisotopic (exact) mass is 292 g/mol. The molecule has 0 saturated heterocycles. The van der Waals surface area contributed by atoms with Crippen molar-refractivity contribution in [2.45, 2.75) is 0 Å². The molecule has 0 amide bonds. The highest BCUT2D eigenvalue weighted by atomic mass is 32.1. The third-order valence-corrected chi connectivity index (χ3v) is 7.11. The van der Waals surface area contributed by atoms with Gasteiger partial charge in [0.25, 0.3) is 0 Å². The van der Waals surface area contributed by atoms with Gasteiger partial charge in [0.15, 0.2) is 0 Å². The van der Waals surface area contributed by atoms with Gasteiger partial charge in [-0.1, -0.05) is 68.2 Å². The molecule has 0 aliphatic heterocycles. The van der Waals surface area contributed by atoms with E-state index in [9.17, 15) is 0 Å². The van der Waals surface area contributed by atoms with Gasteiger partial charge in [-0.25, -0.2) is 0 Å². The van der Waals surface area contributed by atoms with Crippen LogP contribution in [0.25, 0.3) is 26.0 Å². The lowest BCUT2D eigenvalue weighted by molar-refractivity contribution is 1.76. The van der Waals surface area contributed by atoms with Crippen LogP contribution in [0, 0.1) is 0 Å². The first-order valence-corrected chi connectivity index (χ1v) is 8.85. The molecule has 0 bridgehead atoms. The first kappa shape index (κ1) is 12.0. The summed E-state index contributed by atoms with van der Waals surface area (Å²) in [5, 5.41) is 7.95. The van der Waals surface area contributed by atoms with E-state index in [1.54, 1.807) is 0 Å². The Bertz CT molecular complexity index is 842. The molecule has 2 heteroatoms. The van der Waals surface area contributed by atoms with Crippen molar-refractivity contribution in [2.24, 2.45) is 0 Å². The van der Waals surface area contributed by atoms with Gasteiger partial charge in [0.05, 0.1) is 0 Å². The summed E-state index contributed by atoms with van der Waals surface area (Å²) >= 11 is 1.84. The summed E-state index contributed by atoms with van der Waals surface area (Å²) in [7, 11) is -0.399. The lowest BCUT2D eigenvalue weighted by atomic mass is 10.2. The average Bonchev–Trinajstić information content (AvgIpc) is 3.15. The summed E-state index contributed by atoms with van der Waals surface area (Å²) in [6, 6.07) is 26.4. The molecule has 2 aromatic heterocycles. The zero-order valence-electron chi connectivity index (χ0n) is 10.9. The van der Waals surface area contributed by atoms with Crippen LogP contribution in [-0.4, -0.2) is 0 Å². The molecule has 4 rings (SSSR count). The highest BCUT2D eigenvalue weighted by Gasteiger charge is 2.13. The Kier molecular flexibility index (Phi) is 2.95. The van der Waals surface area contributed by atoms with Crippen molar-refractivity contribution in [3.05, 3.63) is 78.2 Å². The van der Waals surface area contributed by atoms with Crippen LogP contribution in [0.5, 0.6) is 0 Å². The van der Waals surface area contributed by atoms with Crippen LogP contribution in [-0.2, 0) is 0 Å². The SMILES string of the molecule is c1ccc(-p2c(-c3cccs3)cc3ccccc32)cc1. The second kappa shape index (κ2) is 4.94. The fourth-order valence-corrected chi connectivity index (χ4v) is 6.17. The van der Waals surface area contributed by atoms with E-state index in [1.807, 2.05) is 11.3 Å². The van der Waals surface area contributed by atoms with E-state index < -0.39 is 7.53 Å². The molecule has 96 valence electrons. The first-order chi connectivity index (χ1) is 9.93. The maximum absolute atomic E-state index is 2.37. The zero-order valence-corrected chi connectivity index (χ0v) is 12.6. The predicted octanol–water partition coefficient (Wildman–Crippen LogP) is 6.54. The number of thiophene rings is 1. The van der Waals surface area contributed by atoms with E-state index in [0.717, 1.165) is 0 Å². The second-order valence-corrected chi connectivity index (χ2v) is 7.84. The molecular formula is C18H13PS. The van der Waals surface area contributed by atoms with Crippen molar-refractivity contribution in [3.8, 4) is 15.5 Å². The van der Waals surface area contributed by atoms with Crippen LogP contribution in [0.15, 0.2) is 78.2 Å². The number of hydrogen-bond acceptors (Lipinski definition) is 1. The number of benzene rings is 2. The summed E-state index contributed by atoms with van der Waals surface area (Å²) in [6.07, 6.45) is 0. The quantitative estimate of drug-likeness (QED) is 0.393. The third kappa shape index (κ3) is 1.91. The van der Waals surface area contributed by atoms with E-state index >= 15 is 0 Å². The smallest absolute Gasteiger partial charge is 0.0386 e. The van der Waals surface area contributed by atoms with Crippen LogP contribution >= 0.6 is 18.9 Å². The standard InChI is InChI=1S/C18H13PS/c1-2-8-15(9-3-1)19-16-10-5-4-7-14(16)13-17(19)18-11-6-12-20-18/h1-13H. The van der Waals surface area contributed by atoms with Crippen molar-refractivity contribution in [2.75, 3.05) is 0 Å². The number of hydrogen-bond donors (Lipinski definition) is 0. The van der Waals surface area contributed by atoms with Crippen molar-refractivity contribution < 1.29 is 0 Å². The molecule has 0 nitrogen and oxygen atoms in total. The molecule has 4 aromatic rings. The summed E-state index contributed by atoms with van der Waals surface area (Å²) in [5.74, 6) is 0. The van der Waals surface area contributed by atoms with Crippen LogP contribution in [0.3, 0.4) is 0 Å². The Morgan fingerprint density at radius 1 is 0.750 bits per heavy atom. The van der Waals surface area contributed by atoms with Crippen molar-refractivity contribution in [1.29, 1.82) is 0 Å². The zero-order chi connectivity index (χ0) is 13.4. The highest BCUT2D eigenvalue weighted by Crippen LogP contribution is 2.56. The topological polar surface area (TPSA) is 0 Å². The molecule has 0 spiro atoms. The minimum atomic E-state index is -0.399. The van der Waals surface area contributed by atoms with Crippen molar-refractivity contribution in [3.63, 3.8) is 0 Å². The maximum atomic E-state index is 2.37. The van der Waals surface area contributed by atoms with Gasteiger partial charge < -0.3 is 0 Å².